The molecule has 6 heteroatoms. The van der Waals surface area contributed by atoms with Gasteiger partial charge in [0.25, 0.3) is 5.91 Å². The average Bonchev–Trinajstić information content (AvgIpc) is 3.23. The first-order valence-electron chi connectivity index (χ1n) is 9.28. The Morgan fingerprint density at radius 1 is 1.00 bits per heavy atom. The summed E-state index contributed by atoms with van der Waals surface area (Å²) in [5.41, 5.74) is 2.81. The standard InChI is InChI=1S/C21H25N3O3/c25-20(19-10-5-13-27-19)24-18-9-4-8-17(14-18)15-23-21(26)22-12-11-16-6-2-1-3-7-16/h1-4,6-9,14,19H,5,10-13,15H2,(H,24,25)(H2,22,23,26)/t19-/m0/s1. The first kappa shape index (κ1) is 18.9. The largest absolute Gasteiger partial charge is 0.368 e. The fourth-order valence-electron chi connectivity index (χ4n) is 2.98. The molecule has 0 unspecified atom stereocenters. The molecule has 0 aliphatic carbocycles. The summed E-state index contributed by atoms with van der Waals surface area (Å²) in [4.78, 5) is 24.0. The van der Waals surface area contributed by atoms with E-state index >= 15 is 0 Å². The molecule has 1 aliphatic heterocycles. The third-order valence-corrected chi connectivity index (χ3v) is 4.41. The summed E-state index contributed by atoms with van der Waals surface area (Å²) in [6.45, 7) is 1.61. The van der Waals surface area contributed by atoms with Crippen molar-refractivity contribution in [2.75, 3.05) is 18.5 Å². The first-order valence-corrected chi connectivity index (χ1v) is 9.28. The van der Waals surface area contributed by atoms with Crippen LogP contribution in [0.25, 0.3) is 0 Å². The second-order valence-electron chi connectivity index (χ2n) is 6.54. The van der Waals surface area contributed by atoms with Gasteiger partial charge in [-0.25, -0.2) is 4.79 Å². The molecule has 2 aromatic carbocycles. The van der Waals surface area contributed by atoms with Gasteiger partial charge < -0.3 is 20.7 Å². The molecule has 0 bridgehead atoms. The van der Waals surface area contributed by atoms with Crippen LogP contribution < -0.4 is 16.0 Å². The van der Waals surface area contributed by atoms with E-state index in [1.54, 1.807) is 0 Å². The molecule has 3 amide bonds. The maximum atomic E-state index is 12.1. The molecule has 0 spiro atoms. The number of rotatable bonds is 7. The molecule has 142 valence electrons. The van der Waals surface area contributed by atoms with Gasteiger partial charge >= 0.3 is 6.03 Å². The zero-order valence-electron chi connectivity index (χ0n) is 15.2. The number of amides is 3. The van der Waals surface area contributed by atoms with E-state index in [2.05, 4.69) is 16.0 Å². The Bertz CT molecular complexity index is 758. The normalized spacial score (nSPS) is 15.9. The number of hydrogen-bond donors (Lipinski definition) is 3. The number of nitrogens with one attached hydrogen (secondary N) is 3. The number of hydrogen-bond acceptors (Lipinski definition) is 3. The Morgan fingerprint density at radius 3 is 2.59 bits per heavy atom. The van der Waals surface area contributed by atoms with Crippen molar-refractivity contribution in [3.63, 3.8) is 0 Å². The molecule has 6 nitrogen and oxygen atoms in total. The Kier molecular flexibility index (Phi) is 6.82. The number of anilines is 1. The highest BCUT2D eigenvalue weighted by molar-refractivity contribution is 5.94. The first-order chi connectivity index (χ1) is 13.2. The minimum absolute atomic E-state index is 0.115. The third kappa shape index (κ3) is 6.11. The van der Waals surface area contributed by atoms with Gasteiger partial charge in [-0.3, -0.25) is 4.79 Å². The molecule has 1 atom stereocenters. The van der Waals surface area contributed by atoms with Crippen molar-refractivity contribution in [3.05, 3.63) is 65.7 Å². The molecule has 0 aromatic heterocycles. The van der Waals surface area contributed by atoms with E-state index in [0.29, 0.717) is 25.4 Å². The Hall–Kier alpha value is -2.86. The lowest BCUT2D eigenvalue weighted by atomic mass is 10.1. The van der Waals surface area contributed by atoms with Gasteiger partial charge in [0, 0.05) is 25.4 Å². The zero-order chi connectivity index (χ0) is 18.9. The Labute approximate surface area is 159 Å². The van der Waals surface area contributed by atoms with Crippen LogP contribution in [0.3, 0.4) is 0 Å². The lowest BCUT2D eigenvalue weighted by Crippen LogP contribution is -2.36. The van der Waals surface area contributed by atoms with Gasteiger partial charge in [-0.1, -0.05) is 42.5 Å². The molecular formula is C21H25N3O3. The van der Waals surface area contributed by atoms with E-state index in [1.165, 1.54) is 5.56 Å². The van der Waals surface area contributed by atoms with E-state index in [-0.39, 0.29) is 18.0 Å². The predicted molar refractivity (Wildman–Crippen MR) is 104 cm³/mol. The van der Waals surface area contributed by atoms with Crippen molar-refractivity contribution in [3.8, 4) is 0 Å². The van der Waals surface area contributed by atoms with Crippen molar-refractivity contribution in [1.29, 1.82) is 0 Å². The Morgan fingerprint density at radius 2 is 1.81 bits per heavy atom. The highest BCUT2D eigenvalue weighted by atomic mass is 16.5. The maximum absolute atomic E-state index is 12.1. The monoisotopic (exact) mass is 367 g/mol. The highest BCUT2D eigenvalue weighted by Crippen LogP contribution is 2.16. The van der Waals surface area contributed by atoms with Crippen LogP contribution in [0.1, 0.15) is 24.0 Å². The van der Waals surface area contributed by atoms with E-state index in [4.69, 9.17) is 4.74 Å². The minimum atomic E-state index is -0.359. The zero-order valence-corrected chi connectivity index (χ0v) is 15.2. The summed E-state index contributed by atoms with van der Waals surface area (Å²) in [7, 11) is 0. The fourth-order valence-corrected chi connectivity index (χ4v) is 2.98. The van der Waals surface area contributed by atoms with Crippen LogP contribution in [0.15, 0.2) is 54.6 Å². The quantitative estimate of drug-likeness (QED) is 0.704. The van der Waals surface area contributed by atoms with Crippen LogP contribution in [0.4, 0.5) is 10.5 Å². The van der Waals surface area contributed by atoms with Crippen molar-refractivity contribution in [2.24, 2.45) is 0 Å². The van der Waals surface area contributed by atoms with Crippen molar-refractivity contribution < 1.29 is 14.3 Å². The molecule has 1 aliphatic rings. The molecule has 27 heavy (non-hydrogen) atoms. The van der Waals surface area contributed by atoms with Crippen LogP contribution in [-0.4, -0.2) is 31.2 Å². The molecule has 0 saturated carbocycles. The van der Waals surface area contributed by atoms with Gasteiger partial charge in [0.1, 0.15) is 6.10 Å². The number of benzene rings is 2. The smallest absolute Gasteiger partial charge is 0.315 e. The summed E-state index contributed by atoms with van der Waals surface area (Å²) in [6.07, 6.45) is 2.11. The van der Waals surface area contributed by atoms with E-state index in [0.717, 1.165) is 24.8 Å². The molecule has 1 heterocycles. The van der Waals surface area contributed by atoms with Crippen molar-refractivity contribution in [2.45, 2.75) is 31.9 Å². The van der Waals surface area contributed by atoms with E-state index in [1.807, 2.05) is 54.6 Å². The van der Waals surface area contributed by atoms with Gasteiger partial charge in [0.05, 0.1) is 0 Å². The highest BCUT2D eigenvalue weighted by Gasteiger charge is 2.23. The summed E-state index contributed by atoms with van der Waals surface area (Å²) in [5.74, 6) is -0.115. The second-order valence-corrected chi connectivity index (χ2v) is 6.54. The van der Waals surface area contributed by atoms with E-state index < -0.39 is 0 Å². The number of urea groups is 1. The summed E-state index contributed by atoms with van der Waals surface area (Å²) < 4.78 is 5.39. The Balaban J connectivity index is 1.41. The topological polar surface area (TPSA) is 79.5 Å². The molecular weight excluding hydrogens is 342 g/mol. The van der Waals surface area contributed by atoms with Crippen LogP contribution in [-0.2, 0) is 22.5 Å². The van der Waals surface area contributed by atoms with Crippen LogP contribution in [0.2, 0.25) is 0 Å². The molecule has 1 fully saturated rings. The van der Waals surface area contributed by atoms with Crippen LogP contribution >= 0.6 is 0 Å². The predicted octanol–water partition coefficient (Wildman–Crippen LogP) is 2.85. The SMILES string of the molecule is O=C(NCCc1ccccc1)NCc1cccc(NC(=O)[C@@H]2CCCO2)c1. The second kappa shape index (κ2) is 9.73. The minimum Gasteiger partial charge on any atom is -0.368 e. The number of ether oxygens (including phenoxy) is 1. The van der Waals surface area contributed by atoms with Crippen molar-refractivity contribution in [1.82, 2.24) is 10.6 Å². The summed E-state index contributed by atoms with van der Waals surface area (Å²) in [5, 5.41) is 8.55. The fraction of sp³-hybridized carbons (Fsp3) is 0.333. The summed E-state index contributed by atoms with van der Waals surface area (Å²) >= 11 is 0. The van der Waals surface area contributed by atoms with Crippen LogP contribution in [0, 0.1) is 0 Å². The number of carbonyl (C=O) groups excluding carboxylic acids is 2. The van der Waals surface area contributed by atoms with Gasteiger partial charge in [-0.2, -0.15) is 0 Å². The average molecular weight is 367 g/mol. The number of carbonyl (C=O) groups is 2. The molecule has 2 aromatic rings. The summed E-state index contributed by atoms with van der Waals surface area (Å²) in [6, 6.07) is 17.3. The molecule has 0 radical (unpaired) electrons. The third-order valence-electron chi connectivity index (χ3n) is 4.41. The van der Waals surface area contributed by atoms with Gasteiger partial charge in [-0.05, 0) is 42.5 Å². The van der Waals surface area contributed by atoms with E-state index in [9.17, 15) is 9.59 Å². The van der Waals surface area contributed by atoms with Crippen molar-refractivity contribution >= 4 is 17.6 Å². The molecule has 1 saturated heterocycles. The maximum Gasteiger partial charge on any atom is 0.315 e. The van der Waals surface area contributed by atoms with Crippen LogP contribution in [0.5, 0.6) is 0 Å². The lowest BCUT2D eigenvalue weighted by molar-refractivity contribution is -0.124. The molecule has 3 rings (SSSR count). The molecule has 3 N–H and O–H groups in total. The van der Waals surface area contributed by atoms with Gasteiger partial charge in [-0.15, -0.1) is 0 Å². The lowest BCUT2D eigenvalue weighted by Gasteiger charge is -2.12. The van der Waals surface area contributed by atoms with Gasteiger partial charge in [0.2, 0.25) is 0 Å². The van der Waals surface area contributed by atoms with Gasteiger partial charge in [0.15, 0.2) is 0 Å².